The number of benzene rings is 1. The average Bonchev–Trinajstić information content (AvgIpc) is 3.14. The van der Waals surface area contributed by atoms with Gasteiger partial charge in [-0.15, -0.1) is 0 Å². The number of hydrogen-bond acceptors (Lipinski definition) is 4. The van der Waals surface area contributed by atoms with Gasteiger partial charge in [0.05, 0.1) is 16.9 Å². The molecule has 0 bridgehead atoms. The largest absolute Gasteiger partial charge is 0.337 e. The van der Waals surface area contributed by atoms with Gasteiger partial charge in [-0.1, -0.05) is 12.1 Å². The monoisotopic (exact) mass is 377 g/mol. The van der Waals surface area contributed by atoms with E-state index in [0.717, 1.165) is 57.3 Å². The number of rotatable bonds is 3. The minimum absolute atomic E-state index is 0.0678. The van der Waals surface area contributed by atoms with Crippen LogP contribution in [-0.2, 0) is 13.0 Å². The van der Waals surface area contributed by atoms with Gasteiger partial charge in [0.1, 0.15) is 11.8 Å². The fourth-order valence-electron chi connectivity index (χ4n) is 4.00. The summed E-state index contributed by atoms with van der Waals surface area (Å²) >= 11 is 0. The van der Waals surface area contributed by atoms with Crippen LogP contribution >= 0.6 is 0 Å². The number of anilines is 1. The fourth-order valence-corrected chi connectivity index (χ4v) is 4.00. The van der Waals surface area contributed by atoms with E-state index in [1.165, 1.54) is 0 Å². The lowest BCUT2D eigenvalue weighted by Crippen LogP contribution is -2.36. The van der Waals surface area contributed by atoms with Gasteiger partial charge < -0.3 is 14.8 Å². The van der Waals surface area contributed by atoms with Crippen molar-refractivity contribution in [1.29, 1.82) is 5.26 Å². The number of hydrogen-bond donors (Lipinski definition) is 1. The Bertz CT molecular complexity index is 950. The highest BCUT2D eigenvalue weighted by molar-refractivity contribution is 6.04. The maximum atomic E-state index is 13.0. The fraction of sp³-hybridized carbons (Fsp3) is 0.429. The second kappa shape index (κ2) is 7.85. The minimum Gasteiger partial charge on any atom is -0.337 e. The number of nitriles is 1. The van der Waals surface area contributed by atoms with Crippen LogP contribution in [0.5, 0.6) is 0 Å². The van der Waals surface area contributed by atoms with Crippen LogP contribution in [0.1, 0.15) is 64.5 Å². The molecule has 0 atom stereocenters. The van der Waals surface area contributed by atoms with E-state index in [9.17, 15) is 14.9 Å². The Morgan fingerprint density at radius 1 is 1.04 bits per heavy atom. The smallest absolute Gasteiger partial charge is 0.291 e. The summed E-state index contributed by atoms with van der Waals surface area (Å²) in [6.45, 7) is 2.18. The summed E-state index contributed by atoms with van der Waals surface area (Å²) < 4.78 is 1.88. The standard InChI is InChI=1S/C21H23N5O2/c22-14-15-8-2-3-9-16(15)23-20(27)19-24-18(17-10-4-7-13-26(17)19)21(28)25-11-5-1-6-12-25/h2-3,8-9H,1,4-7,10-13H2,(H,23,27). The lowest BCUT2D eigenvalue weighted by atomic mass is 10.1. The second-order valence-electron chi connectivity index (χ2n) is 7.30. The molecule has 1 saturated heterocycles. The quantitative estimate of drug-likeness (QED) is 0.890. The lowest BCUT2D eigenvalue weighted by Gasteiger charge is -2.26. The number of piperidine rings is 1. The molecule has 0 spiro atoms. The van der Waals surface area contributed by atoms with Gasteiger partial charge in [0.25, 0.3) is 11.8 Å². The van der Waals surface area contributed by atoms with Gasteiger partial charge >= 0.3 is 0 Å². The number of amides is 2. The number of imidazole rings is 1. The third-order valence-electron chi connectivity index (χ3n) is 5.46. The van der Waals surface area contributed by atoms with Crippen molar-refractivity contribution in [3.05, 3.63) is 47.0 Å². The first-order chi connectivity index (χ1) is 13.7. The van der Waals surface area contributed by atoms with E-state index in [-0.39, 0.29) is 17.6 Å². The number of carbonyl (C=O) groups is 2. The Labute approximate surface area is 164 Å². The van der Waals surface area contributed by atoms with Crippen LogP contribution in [0.3, 0.4) is 0 Å². The molecule has 2 aliphatic heterocycles. The number of carbonyl (C=O) groups excluding carboxylic acids is 2. The van der Waals surface area contributed by atoms with Crippen LogP contribution in [0.4, 0.5) is 5.69 Å². The van der Waals surface area contributed by atoms with E-state index >= 15 is 0 Å². The molecular formula is C21H23N5O2. The zero-order valence-electron chi connectivity index (χ0n) is 15.8. The first kappa shape index (κ1) is 18.2. The third-order valence-corrected chi connectivity index (χ3v) is 5.46. The molecule has 0 radical (unpaired) electrons. The molecule has 2 aliphatic rings. The Morgan fingerprint density at radius 2 is 1.79 bits per heavy atom. The van der Waals surface area contributed by atoms with Crippen molar-refractivity contribution in [3.8, 4) is 6.07 Å². The van der Waals surface area contributed by atoms with Crippen molar-refractivity contribution in [2.24, 2.45) is 0 Å². The van der Waals surface area contributed by atoms with Crippen molar-refractivity contribution in [3.63, 3.8) is 0 Å². The van der Waals surface area contributed by atoms with E-state index in [4.69, 9.17) is 0 Å². The maximum Gasteiger partial charge on any atom is 0.291 e. The molecule has 144 valence electrons. The summed E-state index contributed by atoms with van der Waals surface area (Å²) in [5.41, 5.74) is 2.12. The molecule has 3 heterocycles. The summed E-state index contributed by atoms with van der Waals surface area (Å²) in [6, 6.07) is 8.94. The van der Waals surface area contributed by atoms with Crippen LogP contribution in [0.25, 0.3) is 0 Å². The lowest BCUT2D eigenvalue weighted by molar-refractivity contribution is 0.0717. The molecule has 4 rings (SSSR count). The highest BCUT2D eigenvalue weighted by Gasteiger charge is 2.30. The van der Waals surface area contributed by atoms with Gasteiger partial charge in [0.2, 0.25) is 0 Å². The van der Waals surface area contributed by atoms with Crippen LogP contribution < -0.4 is 5.32 Å². The van der Waals surface area contributed by atoms with Gasteiger partial charge in [0, 0.05) is 19.6 Å². The Hall–Kier alpha value is -3.14. The number of likely N-dealkylation sites (tertiary alicyclic amines) is 1. The molecule has 2 amide bonds. The molecule has 1 N–H and O–H groups in total. The molecule has 28 heavy (non-hydrogen) atoms. The number of nitrogens with zero attached hydrogens (tertiary/aromatic N) is 4. The van der Waals surface area contributed by atoms with Gasteiger partial charge in [-0.25, -0.2) is 4.98 Å². The van der Waals surface area contributed by atoms with Gasteiger partial charge in [-0.2, -0.15) is 5.26 Å². The van der Waals surface area contributed by atoms with Crippen molar-refractivity contribution in [2.45, 2.75) is 45.1 Å². The SMILES string of the molecule is N#Cc1ccccc1NC(=O)c1nc(C(=O)N2CCCCC2)c2n1CCCC2. The third kappa shape index (κ3) is 3.38. The first-order valence-corrected chi connectivity index (χ1v) is 9.88. The van der Waals surface area contributed by atoms with Crippen LogP contribution in [0, 0.1) is 11.3 Å². The van der Waals surface area contributed by atoms with E-state index in [0.29, 0.717) is 23.5 Å². The molecule has 7 heteroatoms. The summed E-state index contributed by atoms with van der Waals surface area (Å²) in [4.78, 5) is 32.3. The normalized spacial score (nSPS) is 16.2. The highest BCUT2D eigenvalue weighted by atomic mass is 16.2. The Morgan fingerprint density at radius 3 is 2.57 bits per heavy atom. The number of fused-ring (bicyclic) bond motifs is 1. The van der Waals surface area contributed by atoms with Crippen molar-refractivity contribution in [2.75, 3.05) is 18.4 Å². The molecule has 7 nitrogen and oxygen atoms in total. The van der Waals surface area contributed by atoms with Crippen LogP contribution in [-0.4, -0.2) is 39.4 Å². The zero-order chi connectivity index (χ0) is 19.5. The van der Waals surface area contributed by atoms with Gasteiger partial charge in [0.15, 0.2) is 5.82 Å². The van der Waals surface area contributed by atoms with Crippen molar-refractivity contribution in [1.82, 2.24) is 14.5 Å². The predicted octanol–water partition coefficient (Wildman–Crippen LogP) is 2.97. The maximum absolute atomic E-state index is 13.0. The Balaban J connectivity index is 1.65. The summed E-state index contributed by atoms with van der Waals surface area (Å²) in [7, 11) is 0. The predicted molar refractivity (Wildman–Crippen MR) is 104 cm³/mol. The van der Waals surface area contributed by atoms with Crippen molar-refractivity contribution < 1.29 is 9.59 Å². The molecule has 0 aliphatic carbocycles. The summed E-state index contributed by atoms with van der Waals surface area (Å²) in [6.07, 6.45) is 5.88. The number of aromatic nitrogens is 2. The number of nitrogens with one attached hydrogen (secondary N) is 1. The molecule has 1 aromatic heterocycles. The number of para-hydroxylation sites is 1. The van der Waals surface area contributed by atoms with Gasteiger partial charge in [-0.3, -0.25) is 9.59 Å². The van der Waals surface area contributed by atoms with E-state index < -0.39 is 0 Å². The Kier molecular flexibility index (Phi) is 5.11. The molecule has 0 unspecified atom stereocenters. The van der Waals surface area contributed by atoms with Crippen molar-refractivity contribution >= 4 is 17.5 Å². The van der Waals surface area contributed by atoms with Crippen LogP contribution in [0.2, 0.25) is 0 Å². The molecule has 0 saturated carbocycles. The molecule has 2 aromatic rings. The van der Waals surface area contributed by atoms with Gasteiger partial charge in [-0.05, 0) is 50.7 Å². The van der Waals surface area contributed by atoms with E-state index in [2.05, 4.69) is 16.4 Å². The zero-order valence-corrected chi connectivity index (χ0v) is 15.8. The summed E-state index contributed by atoms with van der Waals surface area (Å²) in [5, 5.41) is 12.0. The average molecular weight is 377 g/mol. The second-order valence-corrected chi connectivity index (χ2v) is 7.30. The molecule has 1 fully saturated rings. The molecular weight excluding hydrogens is 354 g/mol. The molecule has 1 aromatic carbocycles. The summed E-state index contributed by atoms with van der Waals surface area (Å²) in [5.74, 6) is -0.201. The van der Waals surface area contributed by atoms with E-state index in [1.807, 2.05) is 9.47 Å². The first-order valence-electron chi connectivity index (χ1n) is 9.88. The highest BCUT2D eigenvalue weighted by Crippen LogP contribution is 2.24. The minimum atomic E-state index is -0.386. The van der Waals surface area contributed by atoms with E-state index in [1.54, 1.807) is 24.3 Å². The van der Waals surface area contributed by atoms with Crippen LogP contribution in [0.15, 0.2) is 24.3 Å². The topological polar surface area (TPSA) is 91.0 Å².